The summed E-state index contributed by atoms with van der Waals surface area (Å²) in [6.45, 7) is 0.273. The number of rotatable bonds is 5. The van der Waals surface area contributed by atoms with Crippen LogP contribution in [0.3, 0.4) is 0 Å². The highest BCUT2D eigenvalue weighted by Gasteiger charge is 2.13. The van der Waals surface area contributed by atoms with E-state index >= 15 is 0 Å². The van der Waals surface area contributed by atoms with Crippen LogP contribution in [0.25, 0.3) is 22.5 Å². The van der Waals surface area contributed by atoms with Gasteiger partial charge in [-0.3, -0.25) is 4.79 Å². The van der Waals surface area contributed by atoms with Crippen molar-refractivity contribution in [3.05, 3.63) is 71.9 Å². The predicted octanol–water partition coefficient (Wildman–Crippen LogP) is 4.08. The summed E-state index contributed by atoms with van der Waals surface area (Å²) in [5, 5.41) is 7.88. The summed E-state index contributed by atoms with van der Waals surface area (Å²) in [7, 11) is 3.87. The van der Waals surface area contributed by atoms with Crippen LogP contribution in [-0.2, 0) is 6.54 Å². The molecule has 4 aromatic rings. The molecule has 6 heteroatoms. The Labute approximate surface area is 156 Å². The molecule has 0 unspecified atom stereocenters. The predicted molar refractivity (Wildman–Crippen MR) is 104 cm³/mol. The topological polar surface area (TPSA) is 71.5 Å². The van der Waals surface area contributed by atoms with Gasteiger partial charge in [0.15, 0.2) is 5.76 Å². The van der Waals surface area contributed by atoms with Crippen molar-refractivity contribution in [2.24, 2.45) is 0 Å². The van der Waals surface area contributed by atoms with Gasteiger partial charge in [-0.1, -0.05) is 29.4 Å². The maximum absolute atomic E-state index is 12.4. The molecule has 0 spiro atoms. The van der Waals surface area contributed by atoms with Crippen LogP contribution in [-0.4, -0.2) is 25.2 Å². The van der Waals surface area contributed by atoms with E-state index in [0.717, 1.165) is 16.7 Å². The van der Waals surface area contributed by atoms with Gasteiger partial charge in [0.25, 0.3) is 5.91 Å². The maximum atomic E-state index is 12.4. The van der Waals surface area contributed by atoms with Gasteiger partial charge in [0.2, 0.25) is 5.76 Å². The van der Waals surface area contributed by atoms with E-state index < -0.39 is 0 Å². The van der Waals surface area contributed by atoms with Crippen molar-refractivity contribution in [3.8, 4) is 11.5 Å². The van der Waals surface area contributed by atoms with Gasteiger partial charge in [-0.15, -0.1) is 0 Å². The molecule has 0 aliphatic carbocycles. The van der Waals surface area contributed by atoms with E-state index in [1.54, 1.807) is 12.1 Å². The van der Waals surface area contributed by atoms with Crippen LogP contribution in [0.15, 0.2) is 69.6 Å². The molecule has 0 saturated heterocycles. The second-order valence-corrected chi connectivity index (χ2v) is 6.46. The Bertz CT molecular complexity index is 1060. The monoisotopic (exact) mass is 361 g/mol. The largest absolute Gasteiger partial charge is 0.453 e. The van der Waals surface area contributed by atoms with E-state index in [1.165, 1.54) is 0 Å². The zero-order chi connectivity index (χ0) is 18.8. The molecular formula is C21H19N3O3. The number of carbonyl (C=O) groups is 1. The first-order chi connectivity index (χ1) is 13.1. The molecule has 1 N–H and O–H groups in total. The fraction of sp³-hybridized carbons (Fsp3) is 0.143. The highest BCUT2D eigenvalue weighted by Crippen LogP contribution is 2.28. The molecule has 4 rings (SSSR count). The average Bonchev–Trinajstić information content (AvgIpc) is 3.32. The van der Waals surface area contributed by atoms with Crippen molar-refractivity contribution < 1.29 is 13.7 Å². The maximum Gasteiger partial charge on any atom is 0.251 e. The van der Waals surface area contributed by atoms with E-state index in [2.05, 4.69) is 10.5 Å². The standard InChI is InChI=1S/C21H19N3O3/c1-24(2)17-8-5-7-15(10-17)21(25)22-13-16-12-20(27-23-16)19-11-14-6-3-4-9-18(14)26-19/h3-12H,13H2,1-2H3,(H,22,25). The van der Waals surface area contributed by atoms with Gasteiger partial charge >= 0.3 is 0 Å². The van der Waals surface area contributed by atoms with E-state index in [1.807, 2.05) is 67.5 Å². The number of nitrogens with one attached hydrogen (secondary N) is 1. The Morgan fingerprint density at radius 2 is 1.89 bits per heavy atom. The van der Waals surface area contributed by atoms with E-state index in [9.17, 15) is 4.79 Å². The van der Waals surface area contributed by atoms with Gasteiger partial charge in [-0.05, 0) is 30.3 Å². The normalized spacial score (nSPS) is 10.9. The van der Waals surface area contributed by atoms with Gasteiger partial charge < -0.3 is 19.2 Å². The van der Waals surface area contributed by atoms with Crippen LogP contribution in [0, 0.1) is 0 Å². The Balaban J connectivity index is 1.45. The summed E-state index contributed by atoms with van der Waals surface area (Å²) in [4.78, 5) is 14.3. The molecule has 0 atom stereocenters. The molecule has 27 heavy (non-hydrogen) atoms. The molecule has 0 bridgehead atoms. The second kappa shape index (κ2) is 6.99. The third-order valence-electron chi connectivity index (χ3n) is 4.28. The van der Waals surface area contributed by atoms with E-state index in [-0.39, 0.29) is 12.5 Å². The summed E-state index contributed by atoms with van der Waals surface area (Å²) >= 11 is 0. The summed E-state index contributed by atoms with van der Waals surface area (Å²) < 4.78 is 11.1. The number of fused-ring (bicyclic) bond motifs is 1. The van der Waals surface area contributed by atoms with Crippen LogP contribution < -0.4 is 10.2 Å². The summed E-state index contributed by atoms with van der Waals surface area (Å²) in [5.41, 5.74) is 2.99. The fourth-order valence-corrected chi connectivity index (χ4v) is 2.81. The van der Waals surface area contributed by atoms with Crippen LogP contribution >= 0.6 is 0 Å². The summed E-state index contributed by atoms with van der Waals surface area (Å²) in [6.07, 6.45) is 0. The first-order valence-electron chi connectivity index (χ1n) is 8.60. The average molecular weight is 361 g/mol. The van der Waals surface area contributed by atoms with Crippen molar-refractivity contribution in [2.45, 2.75) is 6.54 Å². The molecule has 1 amide bonds. The van der Waals surface area contributed by atoms with E-state index in [0.29, 0.717) is 22.8 Å². The molecule has 2 heterocycles. The number of benzene rings is 2. The van der Waals surface area contributed by atoms with Crippen LogP contribution in [0.4, 0.5) is 5.69 Å². The molecule has 0 aliphatic rings. The minimum absolute atomic E-state index is 0.160. The molecule has 2 aromatic heterocycles. The Morgan fingerprint density at radius 3 is 2.70 bits per heavy atom. The molecule has 0 radical (unpaired) electrons. The lowest BCUT2D eigenvalue weighted by molar-refractivity contribution is 0.0950. The van der Waals surface area contributed by atoms with Crippen LogP contribution in [0.5, 0.6) is 0 Å². The molecule has 0 saturated carbocycles. The van der Waals surface area contributed by atoms with Crippen molar-refractivity contribution in [1.29, 1.82) is 0 Å². The quantitative estimate of drug-likeness (QED) is 0.580. The number of nitrogens with zero attached hydrogens (tertiary/aromatic N) is 2. The number of aromatic nitrogens is 1. The number of furan rings is 1. The SMILES string of the molecule is CN(C)c1cccc(C(=O)NCc2cc(-c3cc4ccccc4o3)on2)c1. The molecule has 2 aromatic carbocycles. The molecular weight excluding hydrogens is 342 g/mol. The summed E-state index contributed by atoms with van der Waals surface area (Å²) in [6, 6.07) is 18.9. The molecule has 6 nitrogen and oxygen atoms in total. The number of hydrogen-bond donors (Lipinski definition) is 1. The number of anilines is 1. The summed E-state index contributed by atoms with van der Waals surface area (Å²) in [5.74, 6) is 0.983. The number of para-hydroxylation sites is 1. The Kier molecular flexibility index (Phi) is 4.38. The van der Waals surface area contributed by atoms with Gasteiger partial charge in [0.1, 0.15) is 11.3 Å². The second-order valence-electron chi connectivity index (χ2n) is 6.46. The van der Waals surface area contributed by atoms with Crippen molar-refractivity contribution in [3.63, 3.8) is 0 Å². The first-order valence-corrected chi connectivity index (χ1v) is 8.60. The van der Waals surface area contributed by atoms with Crippen LogP contribution in [0.2, 0.25) is 0 Å². The Morgan fingerprint density at radius 1 is 1.04 bits per heavy atom. The van der Waals surface area contributed by atoms with Crippen molar-refractivity contribution >= 4 is 22.6 Å². The smallest absolute Gasteiger partial charge is 0.251 e. The molecule has 0 fully saturated rings. The third-order valence-corrected chi connectivity index (χ3v) is 4.28. The van der Waals surface area contributed by atoms with Crippen LogP contribution in [0.1, 0.15) is 16.1 Å². The van der Waals surface area contributed by atoms with Gasteiger partial charge in [0.05, 0.1) is 6.54 Å². The zero-order valence-electron chi connectivity index (χ0n) is 15.1. The van der Waals surface area contributed by atoms with Gasteiger partial charge in [-0.25, -0.2) is 0 Å². The number of carbonyl (C=O) groups excluding carboxylic acids is 1. The molecule has 0 aliphatic heterocycles. The van der Waals surface area contributed by atoms with Crippen molar-refractivity contribution in [1.82, 2.24) is 10.5 Å². The number of hydrogen-bond acceptors (Lipinski definition) is 5. The highest BCUT2D eigenvalue weighted by molar-refractivity contribution is 5.95. The Hall–Kier alpha value is -3.54. The molecule has 136 valence electrons. The minimum Gasteiger partial charge on any atom is -0.453 e. The third kappa shape index (κ3) is 3.55. The zero-order valence-corrected chi connectivity index (χ0v) is 15.1. The van der Waals surface area contributed by atoms with Gasteiger partial charge in [0, 0.05) is 36.8 Å². The van der Waals surface area contributed by atoms with E-state index in [4.69, 9.17) is 8.94 Å². The lowest BCUT2D eigenvalue weighted by atomic mass is 10.2. The lowest BCUT2D eigenvalue weighted by Crippen LogP contribution is -2.23. The van der Waals surface area contributed by atoms with Crippen molar-refractivity contribution in [2.75, 3.05) is 19.0 Å². The highest BCUT2D eigenvalue weighted by atomic mass is 16.5. The fourth-order valence-electron chi connectivity index (χ4n) is 2.81. The lowest BCUT2D eigenvalue weighted by Gasteiger charge is -2.13. The van der Waals surface area contributed by atoms with Gasteiger partial charge in [-0.2, -0.15) is 0 Å². The first kappa shape index (κ1) is 16.9. The minimum atomic E-state index is -0.160. The number of amides is 1.